The van der Waals surface area contributed by atoms with Gasteiger partial charge in [0.2, 0.25) is 6.10 Å². The van der Waals surface area contributed by atoms with E-state index in [1.165, 1.54) is 0 Å². The van der Waals surface area contributed by atoms with Crippen molar-refractivity contribution in [1.29, 1.82) is 0 Å². The van der Waals surface area contributed by atoms with Crippen molar-refractivity contribution in [3.05, 3.63) is 71.8 Å². The normalized spacial score (nSPS) is 12.5. The van der Waals surface area contributed by atoms with Crippen molar-refractivity contribution in [1.82, 2.24) is 5.32 Å². The molecule has 0 spiro atoms. The Hall–Kier alpha value is -2.62. The Balaban J connectivity index is 2.05. The number of alkyl carbamates (subject to hydrolysis) is 1. The summed E-state index contributed by atoms with van der Waals surface area (Å²) in [5, 5.41) is 2.52. The highest BCUT2D eigenvalue weighted by Gasteiger charge is 2.32. The molecule has 0 aliphatic carbocycles. The van der Waals surface area contributed by atoms with E-state index in [-0.39, 0.29) is 17.1 Å². The standard InChI is InChI=1S/C22H24INO6/c1-15(2)18(24-22(27)28-13-16-9-5-3-6-10-16)20(25)30-19(21(26)29-14-23)17-11-7-4-8-12-17/h3-12,15,18-19H,13-14H2,1-2H3,(H,24,27)/t18-,19?/m0/s1. The number of hydrogen-bond donors (Lipinski definition) is 1. The maximum Gasteiger partial charge on any atom is 0.408 e. The number of ether oxygens (including phenoxy) is 3. The van der Waals surface area contributed by atoms with Crippen LogP contribution in [0.2, 0.25) is 0 Å². The van der Waals surface area contributed by atoms with Gasteiger partial charge in [0.15, 0.2) is 0 Å². The van der Waals surface area contributed by atoms with E-state index in [4.69, 9.17) is 14.2 Å². The third-order valence-corrected chi connectivity index (χ3v) is 4.47. The molecule has 0 aromatic heterocycles. The average Bonchev–Trinajstić information content (AvgIpc) is 2.75. The summed E-state index contributed by atoms with van der Waals surface area (Å²) in [6.45, 7) is 3.58. The van der Waals surface area contributed by atoms with Gasteiger partial charge in [-0.1, -0.05) is 74.5 Å². The fourth-order valence-corrected chi connectivity index (χ4v) is 2.90. The van der Waals surface area contributed by atoms with Gasteiger partial charge >= 0.3 is 18.0 Å². The zero-order valence-corrected chi connectivity index (χ0v) is 18.9. The van der Waals surface area contributed by atoms with Crippen molar-refractivity contribution in [2.24, 2.45) is 5.92 Å². The predicted octanol–water partition coefficient (Wildman–Crippen LogP) is 4.16. The van der Waals surface area contributed by atoms with Crippen LogP contribution in [0, 0.1) is 5.92 Å². The topological polar surface area (TPSA) is 90.9 Å². The van der Waals surface area contributed by atoms with Gasteiger partial charge in [-0.05, 0) is 34.1 Å². The number of esters is 2. The van der Waals surface area contributed by atoms with Crippen LogP contribution in [0.3, 0.4) is 0 Å². The van der Waals surface area contributed by atoms with Crippen molar-refractivity contribution < 1.29 is 28.6 Å². The molecule has 7 nitrogen and oxygen atoms in total. The molecule has 0 bridgehead atoms. The van der Waals surface area contributed by atoms with Crippen LogP contribution in [0.15, 0.2) is 60.7 Å². The van der Waals surface area contributed by atoms with Gasteiger partial charge in [-0.3, -0.25) is 0 Å². The van der Waals surface area contributed by atoms with Crippen LogP contribution in [0.25, 0.3) is 0 Å². The minimum absolute atomic E-state index is 0.0706. The van der Waals surface area contributed by atoms with Gasteiger partial charge in [-0.25, -0.2) is 14.4 Å². The molecule has 0 saturated heterocycles. The minimum atomic E-state index is -1.23. The van der Waals surface area contributed by atoms with Gasteiger partial charge in [0.25, 0.3) is 0 Å². The molecule has 0 heterocycles. The summed E-state index contributed by atoms with van der Waals surface area (Å²) in [6.07, 6.45) is -1.97. The third kappa shape index (κ3) is 7.33. The second-order valence-electron chi connectivity index (χ2n) is 6.73. The van der Waals surface area contributed by atoms with Gasteiger partial charge in [0.05, 0.1) is 0 Å². The van der Waals surface area contributed by atoms with E-state index in [9.17, 15) is 14.4 Å². The summed E-state index contributed by atoms with van der Waals surface area (Å²) in [6, 6.07) is 16.8. The number of benzene rings is 2. The molecule has 0 aliphatic heterocycles. The first-order chi connectivity index (χ1) is 14.4. The Labute approximate surface area is 189 Å². The Morgan fingerprint density at radius 1 is 0.900 bits per heavy atom. The molecule has 2 rings (SSSR count). The number of alkyl halides is 1. The molecule has 0 fully saturated rings. The molecule has 1 N–H and O–H groups in total. The Kier molecular flexibility index (Phi) is 9.59. The van der Waals surface area contributed by atoms with Gasteiger partial charge in [-0.15, -0.1) is 0 Å². The molecule has 30 heavy (non-hydrogen) atoms. The highest BCUT2D eigenvalue weighted by atomic mass is 127. The number of halogens is 1. The lowest BCUT2D eigenvalue weighted by Gasteiger charge is -2.23. The lowest BCUT2D eigenvalue weighted by atomic mass is 10.0. The van der Waals surface area contributed by atoms with Crippen molar-refractivity contribution >= 4 is 40.6 Å². The van der Waals surface area contributed by atoms with E-state index in [1.54, 1.807) is 44.2 Å². The molecule has 1 unspecified atom stereocenters. The fraction of sp³-hybridized carbons (Fsp3) is 0.318. The van der Waals surface area contributed by atoms with E-state index in [2.05, 4.69) is 5.32 Å². The van der Waals surface area contributed by atoms with Crippen LogP contribution >= 0.6 is 22.6 Å². The summed E-state index contributed by atoms with van der Waals surface area (Å²) in [5.74, 6) is -1.72. The summed E-state index contributed by atoms with van der Waals surface area (Å²) in [5.41, 5.74) is 1.30. The number of amides is 1. The minimum Gasteiger partial charge on any atom is -0.452 e. The van der Waals surface area contributed by atoms with Crippen LogP contribution in [-0.2, 0) is 30.4 Å². The van der Waals surface area contributed by atoms with E-state index < -0.39 is 30.2 Å². The van der Waals surface area contributed by atoms with E-state index in [0.717, 1.165) is 5.56 Å². The fourth-order valence-electron chi connectivity index (χ4n) is 2.59. The average molecular weight is 525 g/mol. The van der Waals surface area contributed by atoms with E-state index in [0.29, 0.717) is 5.56 Å². The second-order valence-corrected chi connectivity index (χ2v) is 7.35. The molecule has 2 atom stereocenters. The second kappa shape index (κ2) is 12.2. The molecule has 1 amide bonds. The Morgan fingerprint density at radius 2 is 1.50 bits per heavy atom. The predicted molar refractivity (Wildman–Crippen MR) is 119 cm³/mol. The summed E-state index contributed by atoms with van der Waals surface area (Å²) in [7, 11) is 0. The first-order valence-corrected chi connectivity index (χ1v) is 10.9. The molecule has 0 aliphatic rings. The van der Waals surface area contributed by atoms with Crippen LogP contribution in [0.5, 0.6) is 0 Å². The number of carbonyl (C=O) groups is 3. The Bertz CT molecular complexity index is 828. The lowest BCUT2D eigenvalue weighted by molar-refractivity contribution is -0.168. The zero-order chi connectivity index (χ0) is 21.9. The van der Waals surface area contributed by atoms with E-state index in [1.807, 2.05) is 52.9 Å². The summed E-state index contributed by atoms with van der Waals surface area (Å²) < 4.78 is 15.8. The monoisotopic (exact) mass is 525 g/mol. The first-order valence-electron chi connectivity index (χ1n) is 9.37. The van der Waals surface area contributed by atoms with Crippen molar-refractivity contribution in [3.63, 3.8) is 0 Å². The van der Waals surface area contributed by atoms with Crippen LogP contribution in [0.1, 0.15) is 31.1 Å². The molecule has 8 heteroatoms. The van der Waals surface area contributed by atoms with Crippen LogP contribution < -0.4 is 5.32 Å². The number of carbonyl (C=O) groups excluding carboxylic acids is 3. The first kappa shape index (κ1) is 23.7. The highest BCUT2D eigenvalue weighted by molar-refractivity contribution is 14.1. The number of hydrogen-bond acceptors (Lipinski definition) is 6. The maximum atomic E-state index is 12.8. The van der Waals surface area contributed by atoms with Gasteiger partial charge < -0.3 is 19.5 Å². The molecular formula is C22H24INO6. The van der Waals surface area contributed by atoms with Crippen LogP contribution in [0.4, 0.5) is 4.79 Å². The van der Waals surface area contributed by atoms with Crippen molar-refractivity contribution in [3.8, 4) is 0 Å². The van der Waals surface area contributed by atoms with Gasteiger partial charge in [-0.2, -0.15) is 0 Å². The molecule has 0 radical (unpaired) electrons. The third-order valence-electron chi connectivity index (χ3n) is 4.15. The van der Waals surface area contributed by atoms with Crippen molar-refractivity contribution in [2.45, 2.75) is 32.6 Å². The smallest absolute Gasteiger partial charge is 0.408 e. The Morgan fingerprint density at radius 3 is 2.07 bits per heavy atom. The number of rotatable bonds is 9. The molecule has 0 saturated carbocycles. The molecular weight excluding hydrogens is 501 g/mol. The van der Waals surface area contributed by atoms with Gasteiger partial charge in [0.1, 0.15) is 17.3 Å². The summed E-state index contributed by atoms with van der Waals surface area (Å²) in [4.78, 5) is 37.3. The quantitative estimate of drug-likeness (QED) is 0.229. The molecule has 2 aromatic carbocycles. The zero-order valence-electron chi connectivity index (χ0n) is 16.7. The van der Waals surface area contributed by atoms with Crippen molar-refractivity contribution in [2.75, 3.05) is 4.61 Å². The number of nitrogens with one attached hydrogen (secondary N) is 1. The largest absolute Gasteiger partial charge is 0.452 e. The van der Waals surface area contributed by atoms with Gasteiger partial charge in [0, 0.05) is 5.56 Å². The molecule has 160 valence electrons. The maximum absolute atomic E-state index is 12.8. The van der Waals surface area contributed by atoms with Crippen LogP contribution in [-0.4, -0.2) is 28.7 Å². The highest BCUT2D eigenvalue weighted by Crippen LogP contribution is 2.21. The SMILES string of the molecule is CC(C)[C@H](NC(=O)OCc1ccccc1)C(=O)OC(C(=O)OCI)c1ccccc1. The molecule has 2 aromatic rings. The van der Waals surface area contributed by atoms with E-state index >= 15 is 0 Å². The summed E-state index contributed by atoms with van der Waals surface area (Å²) >= 11 is 1.89. The lowest BCUT2D eigenvalue weighted by Crippen LogP contribution is -2.46.